The Kier molecular flexibility index (Phi) is 6.83. The first-order valence-corrected chi connectivity index (χ1v) is 11.5. The van der Waals surface area contributed by atoms with Crippen molar-refractivity contribution >= 4 is 39.2 Å². The molecule has 3 rings (SSSR count). The van der Waals surface area contributed by atoms with Crippen LogP contribution in [0.15, 0.2) is 42.5 Å². The molecule has 0 aliphatic carbocycles. The Bertz CT molecular complexity index is 1160. The van der Waals surface area contributed by atoms with Crippen molar-refractivity contribution < 1.29 is 32.3 Å². The molecule has 1 heterocycles. The quantitative estimate of drug-likeness (QED) is 0.461. The molecular weight excluding hydrogens is 436 g/mol. The van der Waals surface area contributed by atoms with Crippen molar-refractivity contribution in [2.24, 2.45) is 0 Å². The van der Waals surface area contributed by atoms with E-state index in [0.717, 1.165) is 10.5 Å². The van der Waals surface area contributed by atoms with Crippen molar-refractivity contribution in [3.05, 3.63) is 59.2 Å². The normalized spacial score (nSPS) is 12.8. The maximum Gasteiger partial charge on any atom is 0.413 e. The Morgan fingerprint density at radius 3 is 2.53 bits per heavy atom. The summed E-state index contributed by atoms with van der Waals surface area (Å²) in [6.07, 6.45) is -0.151. The third-order valence-electron chi connectivity index (χ3n) is 5.22. The fourth-order valence-corrected chi connectivity index (χ4v) is 4.61. The van der Waals surface area contributed by atoms with Crippen molar-refractivity contribution in [2.75, 3.05) is 42.3 Å². The molecule has 0 atom stereocenters. The van der Waals surface area contributed by atoms with E-state index in [2.05, 4.69) is 4.74 Å². The second-order valence-corrected chi connectivity index (χ2v) is 9.29. The predicted molar refractivity (Wildman–Crippen MR) is 119 cm³/mol. The number of carbonyl (C=O) groups is 3. The number of esters is 1. The van der Waals surface area contributed by atoms with Crippen LogP contribution < -0.4 is 9.21 Å². The van der Waals surface area contributed by atoms with E-state index in [9.17, 15) is 22.8 Å². The fourth-order valence-electron chi connectivity index (χ4n) is 3.46. The zero-order valence-corrected chi connectivity index (χ0v) is 18.8. The second-order valence-electron chi connectivity index (χ2n) is 7.11. The molecule has 0 radical (unpaired) electrons. The highest BCUT2D eigenvalue weighted by Crippen LogP contribution is 2.31. The number of fused-ring (bicyclic) bond motifs is 1. The van der Waals surface area contributed by atoms with Gasteiger partial charge in [-0.1, -0.05) is 12.1 Å². The highest BCUT2D eigenvalue weighted by molar-refractivity contribution is 7.92. The molecule has 0 unspecified atom stereocenters. The topological polar surface area (TPSA) is 110 Å². The van der Waals surface area contributed by atoms with E-state index < -0.39 is 34.5 Å². The van der Waals surface area contributed by atoms with Gasteiger partial charge in [0.1, 0.15) is 0 Å². The lowest BCUT2D eigenvalue weighted by atomic mass is 10.1. The number of rotatable bonds is 7. The highest BCUT2D eigenvalue weighted by Gasteiger charge is 2.29. The number of nitrogens with zero attached hydrogens (tertiary/aromatic N) is 2. The average Bonchev–Trinajstić information content (AvgIpc) is 3.25. The number of hydrogen-bond donors (Lipinski definition) is 0. The largest absolute Gasteiger partial charge is 0.454 e. The van der Waals surface area contributed by atoms with Crippen LogP contribution in [0.4, 0.5) is 16.2 Å². The number of Topliss-reactive ketones (excluding diaryl/α,β-unsaturated/α-hetero) is 1. The van der Waals surface area contributed by atoms with Crippen molar-refractivity contribution in [3.8, 4) is 0 Å². The number of ketones is 1. The van der Waals surface area contributed by atoms with Gasteiger partial charge < -0.3 is 9.47 Å². The van der Waals surface area contributed by atoms with Gasteiger partial charge in [0.05, 0.1) is 29.8 Å². The second kappa shape index (κ2) is 9.39. The van der Waals surface area contributed by atoms with Crippen molar-refractivity contribution in [1.82, 2.24) is 0 Å². The first-order chi connectivity index (χ1) is 15.2. The van der Waals surface area contributed by atoms with Gasteiger partial charge in [0.15, 0.2) is 12.4 Å². The van der Waals surface area contributed by atoms with Crippen molar-refractivity contribution in [3.63, 3.8) is 0 Å². The number of anilines is 2. The van der Waals surface area contributed by atoms with E-state index in [1.807, 2.05) is 0 Å². The smallest absolute Gasteiger partial charge is 0.413 e. The van der Waals surface area contributed by atoms with E-state index in [1.165, 1.54) is 30.6 Å². The van der Waals surface area contributed by atoms with Gasteiger partial charge in [0.2, 0.25) is 10.0 Å². The molecule has 0 fully saturated rings. The summed E-state index contributed by atoms with van der Waals surface area (Å²) in [5, 5.41) is 0. The van der Waals surface area contributed by atoms with Crippen LogP contribution in [0, 0.1) is 0 Å². The van der Waals surface area contributed by atoms with Crippen molar-refractivity contribution in [2.45, 2.75) is 13.3 Å². The Morgan fingerprint density at radius 2 is 1.84 bits per heavy atom. The minimum absolute atomic E-state index is 0.00425. The number of benzene rings is 2. The summed E-state index contributed by atoms with van der Waals surface area (Å²) in [4.78, 5) is 38.1. The lowest BCUT2D eigenvalue weighted by molar-refractivity contribution is 0.0475. The number of sulfonamides is 1. The molecule has 10 heteroatoms. The molecular formula is C22H24N2O7S. The predicted octanol–water partition coefficient (Wildman–Crippen LogP) is 2.64. The van der Waals surface area contributed by atoms with Crippen LogP contribution in [0.1, 0.15) is 33.2 Å². The lowest BCUT2D eigenvalue weighted by Crippen LogP contribution is -2.30. The molecule has 0 aromatic heterocycles. The molecule has 170 valence electrons. The first kappa shape index (κ1) is 23.3. The minimum Gasteiger partial charge on any atom is -0.454 e. The van der Waals surface area contributed by atoms with E-state index >= 15 is 0 Å². The monoisotopic (exact) mass is 460 g/mol. The molecule has 2 aromatic carbocycles. The van der Waals surface area contributed by atoms with Crippen LogP contribution >= 0.6 is 0 Å². The highest BCUT2D eigenvalue weighted by atomic mass is 32.2. The van der Waals surface area contributed by atoms with Gasteiger partial charge in [0.25, 0.3) is 0 Å². The van der Waals surface area contributed by atoms with Crippen molar-refractivity contribution in [1.29, 1.82) is 0 Å². The summed E-state index contributed by atoms with van der Waals surface area (Å²) in [5.41, 5.74) is 2.05. The van der Waals surface area contributed by atoms with E-state index in [1.54, 1.807) is 37.3 Å². The van der Waals surface area contributed by atoms with Gasteiger partial charge in [-0.2, -0.15) is 0 Å². The number of ether oxygens (including phenoxy) is 2. The number of carbonyl (C=O) groups excluding carboxylic acids is 3. The maximum atomic E-state index is 12.6. The molecule has 0 spiro atoms. The Hall–Kier alpha value is -3.40. The third-order valence-corrected chi connectivity index (χ3v) is 7.00. The van der Waals surface area contributed by atoms with Gasteiger partial charge >= 0.3 is 12.1 Å². The van der Waals surface area contributed by atoms with E-state index in [-0.39, 0.29) is 17.0 Å². The first-order valence-electron chi connectivity index (χ1n) is 9.94. The molecule has 0 N–H and O–H groups in total. The molecule has 1 aliphatic rings. The zero-order valence-electron chi connectivity index (χ0n) is 18.0. The fraction of sp³-hybridized carbons (Fsp3) is 0.318. The Morgan fingerprint density at radius 1 is 1.12 bits per heavy atom. The molecule has 2 aromatic rings. The standard InChI is InChI=1S/C22H24N2O7S/c1-4-32(28,29)24-12-11-15-13-16(9-10-18(15)24)20(25)14-31-21(26)17-7-5-6-8-19(17)23(2)22(27)30-3/h5-10,13H,4,11-12,14H2,1-3H3. The Balaban J connectivity index is 1.71. The molecule has 0 bridgehead atoms. The van der Waals surface area contributed by atoms with Crippen LogP contribution in [0.5, 0.6) is 0 Å². The van der Waals surface area contributed by atoms with Crippen LogP contribution in [0.2, 0.25) is 0 Å². The van der Waals surface area contributed by atoms with Gasteiger partial charge in [0, 0.05) is 19.2 Å². The maximum absolute atomic E-state index is 12.6. The molecule has 1 aliphatic heterocycles. The summed E-state index contributed by atoms with van der Waals surface area (Å²) >= 11 is 0. The van der Waals surface area contributed by atoms with Crippen LogP contribution in [-0.2, 0) is 25.9 Å². The molecule has 32 heavy (non-hydrogen) atoms. The number of amides is 1. The summed E-state index contributed by atoms with van der Waals surface area (Å²) in [5.74, 6) is -1.18. The number of para-hydroxylation sites is 1. The number of methoxy groups -OCH3 is 1. The molecule has 9 nitrogen and oxygen atoms in total. The van der Waals surface area contributed by atoms with Gasteiger partial charge in [-0.3, -0.25) is 14.0 Å². The van der Waals surface area contributed by atoms with Gasteiger partial charge in [-0.15, -0.1) is 0 Å². The molecule has 0 saturated carbocycles. The SMILES string of the molecule is CCS(=O)(=O)N1CCc2cc(C(=O)COC(=O)c3ccccc3N(C)C(=O)OC)ccc21. The molecule has 0 saturated heterocycles. The summed E-state index contributed by atoms with van der Waals surface area (Å²) in [6.45, 7) is 1.42. The van der Waals surface area contributed by atoms with E-state index in [0.29, 0.717) is 24.2 Å². The minimum atomic E-state index is -3.37. The van der Waals surface area contributed by atoms with Gasteiger partial charge in [-0.05, 0) is 49.2 Å². The lowest BCUT2D eigenvalue weighted by Gasteiger charge is -2.19. The van der Waals surface area contributed by atoms with Gasteiger partial charge in [-0.25, -0.2) is 18.0 Å². The average molecular weight is 461 g/mol. The van der Waals surface area contributed by atoms with E-state index in [4.69, 9.17) is 4.74 Å². The summed E-state index contributed by atoms with van der Waals surface area (Å²) in [7, 11) is -0.692. The van der Waals surface area contributed by atoms with Crippen LogP contribution in [0.3, 0.4) is 0 Å². The van der Waals surface area contributed by atoms with Crippen LogP contribution in [0.25, 0.3) is 0 Å². The zero-order chi connectivity index (χ0) is 23.5. The summed E-state index contributed by atoms with van der Waals surface area (Å²) < 4.78 is 35.6. The Labute approximate surface area is 186 Å². The molecule has 1 amide bonds. The van der Waals surface area contributed by atoms with Crippen LogP contribution in [-0.4, -0.2) is 59.3 Å². The third kappa shape index (κ3) is 4.59. The number of hydrogen-bond acceptors (Lipinski definition) is 7. The summed E-state index contributed by atoms with van der Waals surface area (Å²) in [6, 6.07) is 11.1.